The van der Waals surface area contributed by atoms with Crippen LogP contribution in [0.15, 0.2) is 70.5 Å². The van der Waals surface area contributed by atoms with E-state index in [1.807, 2.05) is 24.3 Å². The van der Waals surface area contributed by atoms with Crippen molar-refractivity contribution in [3.8, 4) is 5.75 Å². The molecule has 8 heteroatoms. The summed E-state index contributed by atoms with van der Waals surface area (Å²) in [5.74, 6) is 0.358. The molecule has 2 aromatic heterocycles. The van der Waals surface area contributed by atoms with Gasteiger partial charge in [0.15, 0.2) is 6.61 Å². The fraction of sp³-hybridized carbons (Fsp3) is 0.227. The number of hydrogen-bond acceptors (Lipinski definition) is 6. The largest absolute Gasteiger partial charge is 0.497 e. The maximum Gasteiger partial charge on any atom is 0.355 e. The average Bonchev–Trinajstić information content (AvgIpc) is 3.51. The summed E-state index contributed by atoms with van der Waals surface area (Å²) >= 11 is 0. The molecule has 0 N–H and O–H groups in total. The predicted molar refractivity (Wildman–Crippen MR) is 108 cm³/mol. The van der Waals surface area contributed by atoms with Crippen molar-refractivity contribution < 1.29 is 23.5 Å². The Morgan fingerprint density at radius 3 is 2.60 bits per heavy atom. The maximum absolute atomic E-state index is 12.9. The van der Waals surface area contributed by atoms with Crippen molar-refractivity contribution in [2.24, 2.45) is 12.1 Å². The highest BCUT2D eigenvalue weighted by molar-refractivity contribution is 6.03. The van der Waals surface area contributed by atoms with Crippen LogP contribution in [0.5, 0.6) is 5.75 Å². The highest BCUT2D eigenvalue weighted by atomic mass is 16.5. The molecule has 3 aromatic rings. The van der Waals surface area contributed by atoms with Crippen LogP contribution >= 0.6 is 0 Å². The number of esters is 1. The van der Waals surface area contributed by atoms with Gasteiger partial charge in [-0.1, -0.05) is 0 Å². The fourth-order valence-corrected chi connectivity index (χ4v) is 3.34. The Bertz CT molecular complexity index is 1070. The van der Waals surface area contributed by atoms with E-state index in [1.165, 1.54) is 5.01 Å². The van der Waals surface area contributed by atoms with E-state index in [9.17, 15) is 9.59 Å². The normalized spacial score (nSPS) is 15.7. The lowest BCUT2D eigenvalue weighted by atomic mass is 10.0. The van der Waals surface area contributed by atoms with E-state index in [0.29, 0.717) is 17.9 Å². The molecule has 0 aliphatic carbocycles. The molecule has 30 heavy (non-hydrogen) atoms. The van der Waals surface area contributed by atoms with Crippen LogP contribution in [0, 0.1) is 0 Å². The second-order valence-corrected chi connectivity index (χ2v) is 6.83. The lowest BCUT2D eigenvalue weighted by molar-refractivity contribution is -0.136. The Kier molecular flexibility index (Phi) is 5.38. The van der Waals surface area contributed by atoms with Crippen LogP contribution in [0.4, 0.5) is 0 Å². The number of amides is 1. The first-order chi connectivity index (χ1) is 14.6. The second kappa shape index (κ2) is 8.28. The molecule has 8 nitrogen and oxygen atoms in total. The third-order valence-corrected chi connectivity index (χ3v) is 4.94. The monoisotopic (exact) mass is 407 g/mol. The summed E-state index contributed by atoms with van der Waals surface area (Å²) in [6, 6.07) is 14.0. The van der Waals surface area contributed by atoms with Crippen LogP contribution in [0.1, 0.15) is 34.3 Å². The number of rotatable bonds is 6. The number of furan rings is 1. The van der Waals surface area contributed by atoms with Crippen LogP contribution in [0.2, 0.25) is 0 Å². The lowest BCUT2D eigenvalue weighted by Crippen LogP contribution is -2.31. The summed E-state index contributed by atoms with van der Waals surface area (Å²) in [6.07, 6.45) is 3.77. The molecule has 1 atom stereocenters. The SMILES string of the molecule is COc1ccc(C2=NN(C(=O)COC(=O)c3cccn3C)[C@H](c3ccco3)C2)cc1. The van der Waals surface area contributed by atoms with Gasteiger partial charge >= 0.3 is 5.97 Å². The van der Waals surface area contributed by atoms with Gasteiger partial charge < -0.3 is 18.5 Å². The van der Waals surface area contributed by atoms with Crippen molar-refractivity contribution in [3.05, 3.63) is 78.0 Å². The van der Waals surface area contributed by atoms with Gasteiger partial charge in [0.25, 0.3) is 5.91 Å². The van der Waals surface area contributed by atoms with Crippen molar-refractivity contribution in [2.45, 2.75) is 12.5 Å². The number of ether oxygens (including phenoxy) is 2. The first kappa shape index (κ1) is 19.5. The van der Waals surface area contributed by atoms with Gasteiger partial charge in [-0.25, -0.2) is 9.80 Å². The number of methoxy groups -OCH3 is 1. The van der Waals surface area contributed by atoms with Crippen LogP contribution in [0.3, 0.4) is 0 Å². The number of carbonyl (C=O) groups is 2. The van der Waals surface area contributed by atoms with E-state index in [0.717, 1.165) is 17.0 Å². The Morgan fingerprint density at radius 1 is 1.17 bits per heavy atom. The Labute approximate surface area is 173 Å². The molecule has 0 fully saturated rings. The molecule has 0 saturated carbocycles. The maximum atomic E-state index is 12.9. The molecule has 154 valence electrons. The Hall–Kier alpha value is -3.81. The molecule has 1 aromatic carbocycles. The minimum absolute atomic E-state index is 0.370. The number of nitrogens with zero attached hydrogens (tertiary/aromatic N) is 3. The number of hydrogen-bond donors (Lipinski definition) is 0. The topological polar surface area (TPSA) is 86.3 Å². The highest BCUT2D eigenvalue weighted by Crippen LogP contribution is 2.33. The zero-order valence-electron chi connectivity index (χ0n) is 16.6. The molecule has 0 radical (unpaired) electrons. The van der Waals surface area contributed by atoms with Crippen LogP contribution < -0.4 is 4.74 Å². The van der Waals surface area contributed by atoms with Gasteiger partial charge in [-0.2, -0.15) is 5.10 Å². The summed E-state index contributed by atoms with van der Waals surface area (Å²) in [6.45, 7) is -0.416. The van der Waals surface area contributed by atoms with Crippen molar-refractivity contribution in [2.75, 3.05) is 13.7 Å². The zero-order valence-corrected chi connectivity index (χ0v) is 16.6. The fourth-order valence-electron chi connectivity index (χ4n) is 3.34. The smallest absolute Gasteiger partial charge is 0.355 e. The van der Waals surface area contributed by atoms with Gasteiger partial charge in [-0.3, -0.25) is 4.79 Å². The van der Waals surface area contributed by atoms with Crippen LogP contribution in [-0.2, 0) is 16.6 Å². The van der Waals surface area contributed by atoms with Crippen molar-refractivity contribution in [1.29, 1.82) is 0 Å². The number of aromatic nitrogens is 1. The predicted octanol–water partition coefficient (Wildman–Crippen LogP) is 3.16. The second-order valence-electron chi connectivity index (χ2n) is 6.83. The molecular weight excluding hydrogens is 386 g/mol. The Balaban J connectivity index is 1.52. The molecule has 4 rings (SSSR count). The number of hydrazone groups is 1. The summed E-state index contributed by atoms with van der Waals surface area (Å²) in [4.78, 5) is 25.1. The van der Waals surface area contributed by atoms with E-state index >= 15 is 0 Å². The van der Waals surface area contributed by atoms with E-state index in [-0.39, 0.29) is 0 Å². The van der Waals surface area contributed by atoms with Gasteiger partial charge in [-0.15, -0.1) is 0 Å². The molecule has 1 aliphatic heterocycles. The molecule has 0 spiro atoms. The average molecular weight is 407 g/mol. The molecule has 0 unspecified atom stereocenters. The zero-order chi connectivity index (χ0) is 21.1. The van der Waals surface area contributed by atoms with E-state index < -0.39 is 24.5 Å². The molecule has 3 heterocycles. The third-order valence-electron chi connectivity index (χ3n) is 4.94. The van der Waals surface area contributed by atoms with Gasteiger partial charge in [-0.05, 0) is 54.1 Å². The summed E-state index contributed by atoms with van der Waals surface area (Å²) in [7, 11) is 3.34. The molecule has 0 bridgehead atoms. The van der Waals surface area contributed by atoms with E-state index in [1.54, 1.807) is 55.5 Å². The van der Waals surface area contributed by atoms with Crippen LogP contribution in [0.25, 0.3) is 0 Å². The highest BCUT2D eigenvalue weighted by Gasteiger charge is 2.35. The van der Waals surface area contributed by atoms with Crippen molar-refractivity contribution in [1.82, 2.24) is 9.58 Å². The van der Waals surface area contributed by atoms with Gasteiger partial charge in [0.05, 0.1) is 19.1 Å². The first-order valence-corrected chi connectivity index (χ1v) is 9.42. The standard InChI is InChI=1S/C22H21N3O5/c1-24-11-3-5-18(24)22(27)30-14-21(26)25-19(20-6-4-12-29-20)13-17(23-25)15-7-9-16(28-2)10-8-15/h3-12,19H,13-14H2,1-2H3/t19-/m0/s1. The van der Waals surface area contributed by atoms with E-state index in [2.05, 4.69) is 5.10 Å². The summed E-state index contributed by atoms with van der Waals surface area (Å²) < 4.78 is 17.6. The minimum atomic E-state index is -0.566. The number of benzene rings is 1. The third kappa shape index (κ3) is 3.84. The van der Waals surface area contributed by atoms with Gasteiger partial charge in [0.2, 0.25) is 0 Å². The molecule has 0 saturated heterocycles. The Morgan fingerprint density at radius 2 is 1.97 bits per heavy atom. The number of aryl methyl sites for hydroxylation is 1. The van der Waals surface area contributed by atoms with Crippen molar-refractivity contribution >= 4 is 17.6 Å². The van der Waals surface area contributed by atoms with Gasteiger partial charge in [0, 0.05) is 19.7 Å². The van der Waals surface area contributed by atoms with Crippen molar-refractivity contribution in [3.63, 3.8) is 0 Å². The molecule has 1 aliphatic rings. The summed E-state index contributed by atoms with van der Waals surface area (Å²) in [5.41, 5.74) is 1.99. The molecular formula is C22H21N3O5. The molecule has 1 amide bonds. The quantitative estimate of drug-likeness (QED) is 0.586. The van der Waals surface area contributed by atoms with E-state index in [4.69, 9.17) is 13.9 Å². The summed E-state index contributed by atoms with van der Waals surface area (Å²) in [5, 5.41) is 5.84. The van der Waals surface area contributed by atoms with Crippen LogP contribution in [-0.4, -0.2) is 40.9 Å². The lowest BCUT2D eigenvalue weighted by Gasteiger charge is -2.19. The van der Waals surface area contributed by atoms with Gasteiger partial charge in [0.1, 0.15) is 23.2 Å². The first-order valence-electron chi connectivity index (χ1n) is 9.42. The number of carbonyl (C=O) groups excluding carboxylic acids is 2. The minimum Gasteiger partial charge on any atom is -0.497 e.